The highest BCUT2D eigenvalue weighted by atomic mass is 35.5. The van der Waals surface area contributed by atoms with Crippen molar-refractivity contribution in [2.45, 2.75) is 20.4 Å². The van der Waals surface area contributed by atoms with Crippen LogP contribution in [0.5, 0.6) is 0 Å². The molecular weight excluding hydrogens is 371 g/mol. The number of anilines is 1. The van der Waals surface area contributed by atoms with Crippen molar-refractivity contribution in [2.75, 3.05) is 11.9 Å². The summed E-state index contributed by atoms with van der Waals surface area (Å²) < 4.78 is 1.62. The summed E-state index contributed by atoms with van der Waals surface area (Å²) in [5.41, 5.74) is 2.15. The second kappa shape index (κ2) is 7.48. The Balaban J connectivity index is 2.40. The number of aryl methyl sites for hydroxylation is 1. The molecule has 0 spiro atoms. The van der Waals surface area contributed by atoms with Gasteiger partial charge in [-0.2, -0.15) is 4.98 Å². The smallest absolute Gasteiger partial charge is 0.260 e. The van der Waals surface area contributed by atoms with Crippen LogP contribution in [0.2, 0.25) is 10.0 Å². The molecule has 7 heteroatoms. The van der Waals surface area contributed by atoms with Crippen molar-refractivity contribution in [1.29, 1.82) is 0 Å². The summed E-state index contributed by atoms with van der Waals surface area (Å²) in [4.78, 5) is 22.1. The van der Waals surface area contributed by atoms with E-state index in [1.165, 1.54) is 0 Å². The van der Waals surface area contributed by atoms with Gasteiger partial charge in [-0.25, -0.2) is 4.98 Å². The number of hydrogen-bond donors (Lipinski definition) is 1. The molecule has 3 aromatic rings. The van der Waals surface area contributed by atoms with E-state index in [0.717, 1.165) is 5.39 Å². The SMILES string of the molecule is C=Cc1nc(NCC)nc2c1cc(-c1ccc(Cl)cc1Cl)c(=O)n2CC. The van der Waals surface area contributed by atoms with Crippen LogP contribution in [-0.2, 0) is 6.54 Å². The van der Waals surface area contributed by atoms with E-state index in [1.54, 1.807) is 34.9 Å². The molecule has 134 valence electrons. The number of hydrogen-bond acceptors (Lipinski definition) is 4. The monoisotopic (exact) mass is 388 g/mol. The maximum Gasteiger partial charge on any atom is 0.260 e. The quantitative estimate of drug-likeness (QED) is 0.677. The van der Waals surface area contributed by atoms with Crippen molar-refractivity contribution < 1.29 is 0 Å². The van der Waals surface area contributed by atoms with E-state index in [2.05, 4.69) is 21.9 Å². The van der Waals surface area contributed by atoms with Gasteiger partial charge in [0.25, 0.3) is 5.56 Å². The van der Waals surface area contributed by atoms with Crippen molar-refractivity contribution in [2.24, 2.45) is 0 Å². The van der Waals surface area contributed by atoms with E-state index in [9.17, 15) is 4.79 Å². The minimum absolute atomic E-state index is 0.166. The number of benzene rings is 1. The number of rotatable bonds is 5. The first kappa shape index (κ1) is 18.4. The highest BCUT2D eigenvalue weighted by molar-refractivity contribution is 6.36. The molecule has 1 aromatic carbocycles. The summed E-state index contributed by atoms with van der Waals surface area (Å²) in [7, 11) is 0. The van der Waals surface area contributed by atoms with Crippen LogP contribution in [0.1, 0.15) is 19.5 Å². The minimum atomic E-state index is -0.166. The fourth-order valence-corrected chi connectivity index (χ4v) is 3.36. The molecule has 0 atom stereocenters. The van der Waals surface area contributed by atoms with Gasteiger partial charge in [0, 0.05) is 34.6 Å². The van der Waals surface area contributed by atoms with Gasteiger partial charge >= 0.3 is 0 Å². The zero-order valence-corrected chi connectivity index (χ0v) is 16.0. The summed E-state index contributed by atoms with van der Waals surface area (Å²) in [6.45, 7) is 8.84. The van der Waals surface area contributed by atoms with Crippen LogP contribution < -0.4 is 10.9 Å². The molecule has 0 amide bonds. The maximum absolute atomic E-state index is 13.1. The van der Waals surface area contributed by atoms with Crippen LogP contribution in [0.25, 0.3) is 28.2 Å². The first-order valence-electron chi connectivity index (χ1n) is 8.27. The van der Waals surface area contributed by atoms with Crippen LogP contribution >= 0.6 is 23.2 Å². The molecule has 0 fully saturated rings. The van der Waals surface area contributed by atoms with Gasteiger partial charge in [-0.1, -0.05) is 35.8 Å². The third kappa shape index (κ3) is 3.20. The predicted molar refractivity (Wildman–Crippen MR) is 109 cm³/mol. The van der Waals surface area contributed by atoms with Crippen LogP contribution in [0.15, 0.2) is 35.6 Å². The molecule has 0 bridgehead atoms. The number of nitrogens with one attached hydrogen (secondary N) is 1. The summed E-state index contributed by atoms with van der Waals surface area (Å²) in [6, 6.07) is 6.85. The van der Waals surface area contributed by atoms with Gasteiger partial charge in [0.05, 0.1) is 10.7 Å². The van der Waals surface area contributed by atoms with E-state index in [4.69, 9.17) is 23.2 Å². The summed E-state index contributed by atoms with van der Waals surface area (Å²) in [6.07, 6.45) is 1.66. The number of nitrogens with zero attached hydrogens (tertiary/aromatic N) is 3. The number of pyridine rings is 1. The van der Waals surface area contributed by atoms with E-state index >= 15 is 0 Å². The van der Waals surface area contributed by atoms with Crippen molar-refractivity contribution >= 4 is 46.3 Å². The summed E-state index contributed by atoms with van der Waals surface area (Å²) >= 11 is 12.3. The van der Waals surface area contributed by atoms with Crippen molar-refractivity contribution in [3.8, 4) is 11.1 Å². The van der Waals surface area contributed by atoms with E-state index < -0.39 is 0 Å². The van der Waals surface area contributed by atoms with Crippen LogP contribution in [0.4, 0.5) is 5.95 Å². The molecular formula is C19H18Cl2N4O. The standard InChI is InChI=1S/C19H18Cl2N4O/c1-4-16-14-10-13(12-8-7-11(20)9-15(12)21)18(26)25(6-3)17(14)24-19(23-16)22-5-2/h4,7-10H,1,5-6H2,2-3H3,(H,22,23,24). The third-order valence-corrected chi connectivity index (χ3v) is 4.59. The van der Waals surface area contributed by atoms with Gasteiger partial charge in [0.15, 0.2) is 0 Å². The Morgan fingerprint density at radius 2 is 1.96 bits per heavy atom. The second-order valence-electron chi connectivity index (χ2n) is 5.64. The predicted octanol–water partition coefficient (Wildman–Crippen LogP) is 4.86. The normalized spacial score (nSPS) is 10.9. The lowest BCUT2D eigenvalue weighted by molar-refractivity contribution is 0.750. The Hall–Kier alpha value is -2.37. The molecule has 0 aliphatic carbocycles. The first-order valence-corrected chi connectivity index (χ1v) is 9.03. The maximum atomic E-state index is 13.1. The molecule has 2 aromatic heterocycles. The van der Waals surface area contributed by atoms with Crippen LogP contribution in [0, 0.1) is 0 Å². The van der Waals surface area contributed by atoms with E-state index in [0.29, 0.717) is 51.6 Å². The third-order valence-electron chi connectivity index (χ3n) is 4.04. The van der Waals surface area contributed by atoms with Gasteiger partial charge in [0.2, 0.25) is 5.95 Å². The minimum Gasteiger partial charge on any atom is -0.354 e. The molecule has 0 unspecified atom stereocenters. The molecule has 1 N–H and O–H groups in total. The zero-order chi connectivity index (χ0) is 18.8. The Labute approximate surface area is 161 Å². The van der Waals surface area contributed by atoms with Crippen molar-refractivity contribution in [3.63, 3.8) is 0 Å². The van der Waals surface area contributed by atoms with Gasteiger partial charge in [-0.05, 0) is 38.1 Å². The number of aromatic nitrogens is 3. The Morgan fingerprint density at radius 3 is 2.58 bits per heavy atom. The first-order chi connectivity index (χ1) is 12.5. The highest BCUT2D eigenvalue weighted by Gasteiger charge is 2.17. The molecule has 26 heavy (non-hydrogen) atoms. The second-order valence-corrected chi connectivity index (χ2v) is 6.48. The van der Waals surface area contributed by atoms with E-state index in [-0.39, 0.29) is 5.56 Å². The molecule has 0 aliphatic heterocycles. The lowest BCUT2D eigenvalue weighted by atomic mass is 10.0. The molecule has 0 radical (unpaired) electrons. The Bertz CT molecular complexity index is 1060. The molecule has 2 heterocycles. The summed E-state index contributed by atoms with van der Waals surface area (Å²) in [5, 5.41) is 4.76. The fraction of sp³-hybridized carbons (Fsp3) is 0.211. The number of halogens is 2. The van der Waals surface area contributed by atoms with Crippen molar-refractivity contribution in [1.82, 2.24) is 14.5 Å². The lowest BCUT2D eigenvalue weighted by Gasteiger charge is -2.14. The zero-order valence-electron chi connectivity index (χ0n) is 14.5. The van der Waals surface area contributed by atoms with Crippen molar-refractivity contribution in [3.05, 3.63) is 56.9 Å². The average Bonchev–Trinajstić information content (AvgIpc) is 2.61. The molecule has 3 rings (SSSR count). The van der Waals surface area contributed by atoms with Gasteiger partial charge in [0.1, 0.15) is 5.65 Å². The molecule has 0 saturated heterocycles. The topological polar surface area (TPSA) is 59.8 Å². The Kier molecular flexibility index (Phi) is 5.30. The Morgan fingerprint density at radius 1 is 1.19 bits per heavy atom. The highest BCUT2D eigenvalue weighted by Crippen LogP contribution is 2.30. The molecule has 5 nitrogen and oxygen atoms in total. The van der Waals surface area contributed by atoms with Gasteiger partial charge < -0.3 is 5.32 Å². The fourth-order valence-electron chi connectivity index (χ4n) is 2.85. The van der Waals surface area contributed by atoms with Gasteiger partial charge in [-0.3, -0.25) is 9.36 Å². The average molecular weight is 389 g/mol. The number of fused-ring (bicyclic) bond motifs is 1. The summed E-state index contributed by atoms with van der Waals surface area (Å²) in [5.74, 6) is 0.466. The van der Waals surface area contributed by atoms with E-state index in [1.807, 2.05) is 13.8 Å². The molecule has 0 aliphatic rings. The lowest BCUT2D eigenvalue weighted by Crippen LogP contribution is -2.23. The van der Waals surface area contributed by atoms with Crippen LogP contribution in [0.3, 0.4) is 0 Å². The largest absolute Gasteiger partial charge is 0.354 e. The van der Waals surface area contributed by atoms with Gasteiger partial charge in [-0.15, -0.1) is 0 Å². The van der Waals surface area contributed by atoms with Crippen LogP contribution in [-0.4, -0.2) is 21.1 Å². The molecule has 0 saturated carbocycles.